The fraction of sp³-hybridized carbons (Fsp3) is 0.200. The highest BCUT2D eigenvalue weighted by Crippen LogP contribution is 2.18. The van der Waals surface area contributed by atoms with Gasteiger partial charge in [0, 0.05) is 0 Å². The Hall–Kier alpha value is -1.78. The van der Waals surface area contributed by atoms with E-state index in [2.05, 4.69) is 54.3 Å². The maximum Gasteiger partial charge on any atom is 0.108 e. The van der Waals surface area contributed by atoms with E-state index < -0.39 is 0 Å². The van der Waals surface area contributed by atoms with Crippen molar-refractivity contribution >= 4 is 10.8 Å². The van der Waals surface area contributed by atoms with E-state index in [4.69, 9.17) is 4.74 Å². The first-order chi connectivity index (χ1) is 7.92. The number of fused-ring (bicyclic) bond motifs is 1. The Morgan fingerprint density at radius 1 is 1.06 bits per heavy atom. The van der Waals surface area contributed by atoms with Gasteiger partial charge in [-0.15, -0.1) is 5.92 Å². The van der Waals surface area contributed by atoms with Crippen molar-refractivity contribution < 1.29 is 4.74 Å². The van der Waals surface area contributed by atoms with Crippen molar-refractivity contribution in [3.8, 4) is 11.8 Å². The fourth-order valence-corrected chi connectivity index (χ4v) is 1.70. The van der Waals surface area contributed by atoms with Crippen molar-refractivity contribution in [1.29, 1.82) is 0 Å². The molecule has 2 rings (SSSR count). The maximum absolute atomic E-state index is 5.49. The van der Waals surface area contributed by atoms with Gasteiger partial charge in [0.1, 0.15) is 6.61 Å². The molecular weight excluding hydrogens is 196 g/mol. The van der Waals surface area contributed by atoms with Gasteiger partial charge in [0.05, 0.1) is 6.61 Å². The Morgan fingerprint density at radius 2 is 1.88 bits per heavy atom. The number of rotatable bonds is 3. The number of ether oxygens (including phenoxy) is 1. The molecule has 0 bridgehead atoms. The normalized spacial score (nSPS) is 9.81. The number of benzene rings is 2. The van der Waals surface area contributed by atoms with Crippen LogP contribution >= 0.6 is 0 Å². The number of hydrogen-bond donors (Lipinski definition) is 0. The fourth-order valence-electron chi connectivity index (χ4n) is 1.70. The molecular formula is C15H14O. The van der Waals surface area contributed by atoms with Gasteiger partial charge in [-0.1, -0.05) is 48.4 Å². The van der Waals surface area contributed by atoms with Crippen LogP contribution in [0, 0.1) is 11.8 Å². The number of hydrogen-bond acceptors (Lipinski definition) is 1. The molecule has 0 spiro atoms. The highest BCUT2D eigenvalue weighted by molar-refractivity contribution is 5.85. The largest absolute Gasteiger partial charge is 0.364 e. The van der Waals surface area contributed by atoms with E-state index in [1.165, 1.54) is 16.3 Å². The van der Waals surface area contributed by atoms with Gasteiger partial charge in [-0.2, -0.15) is 0 Å². The summed E-state index contributed by atoms with van der Waals surface area (Å²) in [7, 11) is 0. The quantitative estimate of drug-likeness (QED) is 0.557. The minimum atomic E-state index is 0.500. The smallest absolute Gasteiger partial charge is 0.108 e. The molecule has 0 aliphatic heterocycles. The maximum atomic E-state index is 5.49. The average molecular weight is 210 g/mol. The lowest BCUT2D eigenvalue weighted by Gasteiger charge is -2.05. The molecule has 0 amide bonds. The van der Waals surface area contributed by atoms with Gasteiger partial charge in [0.15, 0.2) is 0 Å². The minimum Gasteiger partial charge on any atom is -0.364 e. The summed E-state index contributed by atoms with van der Waals surface area (Å²) < 4.78 is 5.49. The van der Waals surface area contributed by atoms with Gasteiger partial charge in [0.25, 0.3) is 0 Å². The summed E-state index contributed by atoms with van der Waals surface area (Å²) in [6.45, 7) is 2.94. The SMILES string of the molecule is CC#CCOCc1cccc2ccccc12. The molecule has 1 nitrogen and oxygen atoms in total. The molecule has 1 heteroatoms. The van der Waals surface area contributed by atoms with Gasteiger partial charge in [-0.05, 0) is 23.3 Å². The third-order valence-electron chi connectivity index (χ3n) is 2.49. The molecule has 0 aromatic heterocycles. The molecule has 0 aliphatic rings. The summed E-state index contributed by atoms with van der Waals surface area (Å²) in [5.74, 6) is 5.71. The summed E-state index contributed by atoms with van der Waals surface area (Å²) in [5.41, 5.74) is 1.22. The predicted octanol–water partition coefficient (Wildman–Crippen LogP) is 3.38. The van der Waals surface area contributed by atoms with E-state index in [0.717, 1.165) is 0 Å². The molecule has 0 atom stereocenters. The van der Waals surface area contributed by atoms with Gasteiger partial charge >= 0.3 is 0 Å². The van der Waals surface area contributed by atoms with Gasteiger partial charge in [-0.25, -0.2) is 0 Å². The molecule has 2 aromatic carbocycles. The molecule has 0 N–H and O–H groups in total. The second-order valence-electron chi connectivity index (χ2n) is 3.56. The molecule has 0 saturated carbocycles. The van der Waals surface area contributed by atoms with Crippen LogP contribution in [0.25, 0.3) is 10.8 Å². The van der Waals surface area contributed by atoms with Crippen molar-refractivity contribution in [1.82, 2.24) is 0 Å². The van der Waals surface area contributed by atoms with Crippen LogP contribution in [0.4, 0.5) is 0 Å². The minimum absolute atomic E-state index is 0.500. The highest BCUT2D eigenvalue weighted by atomic mass is 16.5. The molecule has 2 aromatic rings. The summed E-state index contributed by atoms with van der Waals surface area (Å²) in [5, 5.41) is 2.51. The Bertz CT molecular complexity index is 526. The van der Waals surface area contributed by atoms with Crippen LogP contribution in [0.15, 0.2) is 42.5 Å². The lowest BCUT2D eigenvalue weighted by Crippen LogP contribution is -1.94. The molecule has 0 radical (unpaired) electrons. The second kappa shape index (κ2) is 5.34. The second-order valence-corrected chi connectivity index (χ2v) is 3.56. The summed E-state index contributed by atoms with van der Waals surface area (Å²) in [6.07, 6.45) is 0. The third-order valence-corrected chi connectivity index (χ3v) is 2.49. The van der Waals surface area contributed by atoms with E-state index in [0.29, 0.717) is 13.2 Å². The lowest BCUT2D eigenvalue weighted by atomic mass is 10.1. The molecule has 0 aliphatic carbocycles. The zero-order chi connectivity index (χ0) is 11.2. The first-order valence-corrected chi connectivity index (χ1v) is 5.36. The zero-order valence-electron chi connectivity index (χ0n) is 9.36. The average Bonchev–Trinajstić information content (AvgIpc) is 2.35. The van der Waals surface area contributed by atoms with E-state index in [1.54, 1.807) is 0 Å². The molecule has 16 heavy (non-hydrogen) atoms. The first kappa shape index (κ1) is 10.7. The predicted molar refractivity (Wildman–Crippen MR) is 67.1 cm³/mol. The van der Waals surface area contributed by atoms with Gasteiger partial charge in [0.2, 0.25) is 0 Å². The van der Waals surface area contributed by atoms with Crippen LogP contribution in [0.1, 0.15) is 12.5 Å². The standard InChI is InChI=1S/C15H14O/c1-2-3-11-16-12-14-9-6-8-13-7-4-5-10-15(13)14/h4-10H,11-12H2,1H3. The zero-order valence-corrected chi connectivity index (χ0v) is 9.36. The Kier molecular flexibility index (Phi) is 3.58. The topological polar surface area (TPSA) is 9.23 Å². The first-order valence-electron chi connectivity index (χ1n) is 5.36. The van der Waals surface area contributed by atoms with E-state index >= 15 is 0 Å². The van der Waals surface area contributed by atoms with Crippen molar-refractivity contribution in [3.05, 3.63) is 48.0 Å². The van der Waals surface area contributed by atoms with Crippen molar-refractivity contribution in [2.45, 2.75) is 13.5 Å². The molecule has 0 saturated heterocycles. The molecule has 0 fully saturated rings. The summed E-state index contributed by atoms with van der Waals surface area (Å²) in [4.78, 5) is 0. The monoisotopic (exact) mass is 210 g/mol. The third kappa shape index (κ3) is 2.42. The van der Waals surface area contributed by atoms with E-state index in [9.17, 15) is 0 Å². The van der Waals surface area contributed by atoms with Crippen molar-refractivity contribution in [2.75, 3.05) is 6.61 Å². The van der Waals surface area contributed by atoms with Crippen LogP contribution in [0.5, 0.6) is 0 Å². The van der Waals surface area contributed by atoms with Gasteiger partial charge < -0.3 is 4.74 Å². The molecule has 0 heterocycles. The van der Waals surface area contributed by atoms with Crippen LogP contribution in [-0.2, 0) is 11.3 Å². The van der Waals surface area contributed by atoms with E-state index in [1.807, 2.05) is 6.92 Å². The Labute approximate surface area is 96.1 Å². The Morgan fingerprint density at radius 3 is 2.75 bits per heavy atom. The van der Waals surface area contributed by atoms with Crippen molar-refractivity contribution in [2.24, 2.45) is 0 Å². The van der Waals surface area contributed by atoms with Crippen LogP contribution < -0.4 is 0 Å². The molecule has 0 unspecified atom stereocenters. The van der Waals surface area contributed by atoms with Crippen LogP contribution in [0.2, 0.25) is 0 Å². The summed E-state index contributed by atoms with van der Waals surface area (Å²) >= 11 is 0. The summed E-state index contributed by atoms with van der Waals surface area (Å²) in [6, 6.07) is 14.6. The van der Waals surface area contributed by atoms with Gasteiger partial charge in [-0.3, -0.25) is 0 Å². The lowest BCUT2D eigenvalue weighted by molar-refractivity contribution is 0.154. The van der Waals surface area contributed by atoms with Crippen molar-refractivity contribution in [3.63, 3.8) is 0 Å². The highest BCUT2D eigenvalue weighted by Gasteiger charge is 1.99. The van der Waals surface area contributed by atoms with Crippen LogP contribution in [0.3, 0.4) is 0 Å². The molecule has 80 valence electrons. The Balaban J connectivity index is 2.19. The van der Waals surface area contributed by atoms with Crippen LogP contribution in [-0.4, -0.2) is 6.61 Å². The van der Waals surface area contributed by atoms with E-state index in [-0.39, 0.29) is 0 Å².